The van der Waals surface area contributed by atoms with Crippen LogP contribution in [0.1, 0.15) is 11.5 Å². The SMILES string of the molecule is [NH3+]CCc1nnc(S(=O)(=O)Cc2ccc(F)cc2)o1. The number of benzene rings is 1. The molecule has 8 heteroatoms. The van der Waals surface area contributed by atoms with Gasteiger partial charge < -0.3 is 10.2 Å². The summed E-state index contributed by atoms with van der Waals surface area (Å²) in [4.78, 5) is 0. The smallest absolute Gasteiger partial charge is 0.335 e. The van der Waals surface area contributed by atoms with Crippen molar-refractivity contribution in [1.29, 1.82) is 0 Å². The molecule has 19 heavy (non-hydrogen) atoms. The van der Waals surface area contributed by atoms with Gasteiger partial charge in [-0.25, -0.2) is 12.8 Å². The van der Waals surface area contributed by atoms with Crippen molar-refractivity contribution in [1.82, 2.24) is 10.2 Å². The first-order chi connectivity index (χ1) is 9.01. The van der Waals surface area contributed by atoms with E-state index in [1.165, 1.54) is 24.3 Å². The van der Waals surface area contributed by atoms with Crippen LogP contribution < -0.4 is 5.73 Å². The van der Waals surface area contributed by atoms with Crippen LogP contribution >= 0.6 is 0 Å². The van der Waals surface area contributed by atoms with E-state index >= 15 is 0 Å². The lowest BCUT2D eigenvalue weighted by Crippen LogP contribution is -2.51. The highest BCUT2D eigenvalue weighted by molar-refractivity contribution is 7.90. The fraction of sp³-hybridized carbons (Fsp3) is 0.273. The van der Waals surface area contributed by atoms with Crippen molar-refractivity contribution >= 4 is 9.84 Å². The Morgan fingerprint density at radius 2 is 1.89 bits per heavy atom. The Morgan fingerprint density at radius 1 is 1.21 bits per heavy atom. The maximum Gasteiger partial charge on any atom is 0.335 e. The average Bonchev–Trinajstić information content (AvgIpc) is 2.82. The van der Waals surface area contributed by atoms with Crippen molar-refractivity contribution in [3.8, 4) is 0 Å². The van der Waals surface area contributed by atoms with Gasteiger partial charge in [0.1, 0.15) is 5.82 Å². The van der Waals surface area contributed by atoms with E-state index < -0.39 is 20.9 Å². The van der Waals surface area contributed by atoms with E-state index in [4.69, 9.17) is 4.42 Å². The van der Waals surface area contributed by atoms with Crippen LogP contribution in [0, 0.1) is 5.82 Å². The Balaban J connectivity index is 2.19. The number of aromatic nitrogens is 2. The minimum absolute atomic E-state index is 0.243. The molecule has 0 amide bonds. The maximum atomic E-state index is 12.7. The molecule has 0 bridgehead atoms. The summed E-state index contributed by atoms with van der Waals surface area (Å²) in [6.07, 6.45) is 0.430. The second-order valence-electron chi connectivity index (χ2n) is 3.95. The zero-order chi connectivity index (χ0) is 13.9. The van der Waals surface area contributed by atoms with Crippen molar-refractivity contribution in [2.75, 3.05) is 6.54 Å². The first kappa shape index (κ1) is 13.6. The van der Waals surface area contributed by atoms with Crippen molar-refractivity contribution in [3.05, 3.63) is 41.5 Å². The zero-order valence-electron chi connectivity index (χ0n) is 10.0. The highest BCUT2D eigenvalue weighted by Gasteiger charge is 2.23. The number of rotatable bonds is 5. The minimum Gasteiger partial charge on any atom is -0.412 e. The highest BCUT2D eigenvalue weighted by Crippen LogP contribution is 2.15. The van der Waals surface area contributed by atoms with Gasteiger partial charge in [-0.2, -0.15) is 0 Å². The molecule has 0 radical (unpaired) electrons. The quantitative estimate of drug-likeness (QED) is 0.831. The maximum absolute atomic E-state index is 12.7. The molecule has 6 nitrogen and oxygen atoms in total. The molecule has 0 spiro atoms. The molecular weight excluding hydrogens is 273 g/mol. The first-order valence-corrected chi connectivity index (χ1v) is 7.25. The summed E-state index contributed by atoms with van der Waals surface area (Å²) in [7, 11) is -3.71. The van der Waals surface area contributed by atoms with Crippen molar-refractivity contribution in [3.63, 3.8) is 0 Å². The van der Waals surface area contributed by atoms with Gasteiger partial charge in [0.15, 0.2) is 0 Å². The van der Waals surface area contributed by atoms with Gasteiger partial charge in [0.25, 0.3) is 0 Å². The third kappa shape index (κ3) is 3.36. The van der Waals surface area contributed by atoms with Gasteiger partial charge in [-0.3, -0.25) is 0 Å². The van der Waals surface area contributed by atoms with Crippen LogP contribution in [-0.2, 0) is 22.0 Å². The molecule has 2 rings (SSSR count). The largest absolute Gasteiger partial charge is 0.412 e. The van der Waals surface area contributed by atoms with Crippen LogP contribution in [-0.4, -0.2) is 25.2 Å². The first-order valence-electron chi connectivity index (χ1n) is 5.60. The van der Waals surface area contributed by atoms with E-state index in [0.29, 0.717) is 18.5 Å². The third-order valence-electron chi connectivity index (χ3n) is 2.37. The van der Waals surface area contributed by atoms with Crippen LogP contribution in [0.2, 0.25) is 0 Å². The minimum atomic E-state index is -3.71. The number of hydrogen-bond donors (Lipinski definition) is 1. The molecule has 1 aromatic heterocycles. The van der Waals surface area contributed by atoms with Crippen molar-refractivity contribution in [2.45, 2.75) is 17.4 Å². The molecule has 1 aromatic carbocycles. The second kappa shape index (κ2) is 5.45. The van der Waals surface area contributed by atoms with Gasteiger partial charge in [-0.05, 0) is 17.7 Å². The van der Waals surface area contributed by atoms with E-state index in [1.807, 2.05) is 0 Å². The van der Waals surface area contributed by atoms with Crippen LogP contribution in [0.15, 0.2) is 33.9 Å². The third-order valence-corrected chi connectivity index (χ3v) is 3.79. The van der Waals surface area contributed by atoms with Crippen LogP contribution in [0.25, 0.3) is 0 Å². The fourth-order valence-corrected chi connectivity index (χ4v) is 2.62. The summed E-state index contributed by atoms with van der Waals surface area (Å²) in [6, 6.07) is 5.21. The molecule has 0 saturated heterocycles. The molecule has 0 aliphatic carbocycles. The summed E-state index contributed by atoms with van der Waals surface area (Å²) < 4.78 is 41.8. The topological polar surface area (TPSA) is 101 Å². The van der Waals surface area contributed by atoms with Gasteiger partial charge in [-0.1, -0.05) is 17.2 Å². The van der Waals surface area contributed by atoms with Gasteiger partial charge in [0.2, 0.25) is 15.7 Å². The van der Waals surface area contributed by atoms with E-state index in [0.717, 1.165) is 0 Å². The number of halogens is 1. The Morgan fingerprint density at radius 3 is 2.53 bits per heavy atom. The Hall–Kier alpha value is -1.80. The lowest BCUT2D eigenvalue weighted by atomic mass is 10.2. The van der Waals surface area contributed by atoms with Gasteiger partial charge in [0, 0.05) is 0 Å². The Labute approximate surface area is 109 Å². The Bertz CT molecular complexity index is 652. The van der Waals surface area contributed by atoms with E-state index in [1.54, 1.807) is 0 Å². The van der Waals surface area contributed by atoms with E-state index in [-0.39, 0.29) is 11.6 Å². The molecule has 0 unspecified atom stereocenters. The molecule has 0 atom stereocenters. The lowest BCUT2D eigenvalue weighted by molar-refractivity contribution is -0.367. The monoisotopic (exact) mass is 286 g/mol. The molecule has 0 aliphatic rings. The summed E-state index contributed by atoms with van der Waals surface area (Å²) >= 11 is 0. The molecule has 0 aliphatic heterocycles. The predicted octanol–water partition coefficient (Wildman–Crippen LogP) is -0.0330. The zero-order valence-corrected chi connectivity index (χ0v) is 10.9. The molecule has 0 saturated carbocycles. The van der Waals surface area contributed by atoms with Crippen LogP contribution in [0.3, 0.4) is 0 Å². The lowest BCUT2D eigenvalue weighted by Gasteiger charge is -1.99. The molecule has 3 N–H and O–H groups in total. The normalized spacial score (nSPS) is 11.7. The van der Waals surface area contributed by atoms with Gasteiger partial charge in [-0.15, -0.1) is 5.10 Å². The van der Waals surface area contributed by atoms with E-state index in [9.17, 15) is 12.8 Å². The highest BCUT2D eigenvalue weighted by atomic mass is 32.2. The summed E-state index contributed by atoms with van der Waals surface area (Å²) in [5.74, 6) is -0.483. The van der Waals surface area contributed by atoms with Gasteiger partial charge >= 0.3 is 5.22 Å². The summed E-state index contributed by atoms with van der Waals surface area (Å²) in [6.45, 7) is 0.541. The van der Waals surface area contributed by atoms with Crippen molar-refractivity contribution < 1.29 is 23.0 Å². The number of nitrogens with zero attached hydrogens (tertiary/aromatic N) is 2. The van der Waals surface area contributed by atoms with Gasteiger partial charge in [0.05, 0.1) is 18.7 Å². The number of quaternary nitrogens is 1. The molecule has 0 fully saturated rings. The summed E-state index contributed by atoms with van der Waals surface area (Å²) in [5.41, 5.74) is 4.07. The molecule has 102 valence electrons. The average molecular weight is 286 g/mol. The van der Waals surface area contributed by atoms with E-state index in [2.05, 4.69) is 15.9 Å². The number of sulfone groups is 1. The van der Waals surface area contributed by atoms with Crippen LogP contribution in [0.5, 0.6) is 0 Å². The second-order valence-corrected chi connectivity index (χ2v) is 5.82. The molecule has 2 aromatic rings. The van der Waals surface area contributed by atoms with Crippen molar-refractivity contribution in [2.24, 2.45) is 0 Å². The van der Waals surface area contributed by atoms with Crippen LogP contribution in [0.4, 0.5) is 4.39 Å². The Kier molecular flexibility index (Phi) is 3.91. The molecular formula is C11H13FN3O3S+. The standard InChI is InChI=1S/C11H12FN3O3S/c12-9-3-1-8(2-4-9)7-19(16,17)11-15-14-10(18-11)5-6-13/h1-4H,5-7,13H2/p+1. The predicted molar refractivity (Wildman–Crippen MR) is 63.0 cm³/mol. The number of hydrogen-bond acceptors (Lipinski definition) is 5. The molecule has 1 heterocycles. The summed E-state index contributed by atoms with van der Waals surface area (Å²) in [5, 5.41) is 6.73. The fourth-order valence-electron chi connectivity index (χ4n) is 1.48.